The van der Waals surface area contributed by atoms with Crippen LogP contribution >= 0.6 is 0 Å². The predicted octanol–water partition coefficient (Wildman–Crippen LogP) is 1.40. The summed E-state index contributed by atoms with van der Waals surface area (Å²) >= 11 is 0. The molecule has 2 rings (SSSR count). The van der Waals surface area contributed by atoms with Gasteiger partial charge in [0.1, 0.15) is 0 Å². The quantitative estimate of drug-likeness (QED) is 0.720. The molecular weight excluding hydrogens is 206 g/mol. The van der Waals surface area contributed by atoms with Crippen molar-refractivity contribution < 1.29 is 14.6 Å². The molecule has 0 bridgehead atoms. The van der Waals surface area contributed by atoms with Crippen molar-refractivity contribution in [2.45, 2.75) is 57.3 Å². The molecule has 1 heterocycles. The summed E-state index contributed by atoms with van der Waals surface area (Å²) in [6.45, 7) is 3.03. The number of hydrogen-bond donors (Lipinski definition) is 2. The van der Waals surface area contributed by atoms with E-state index < -0.39 is 12.1 Å². The van der Waals surface area contributed by atoms with Gasteiger partial charge in [-0.05, 0) is 31.6 Å². The Balaban J connectivity index is 1.60. The Labute approximate surface area is 96.4 Å². The zero-order valence-electron chi connectivity index (χ0n) is 9.82. The van der Waals surface area contributed by atoms with Crippen LogP contribution in [0, 0.1) is 5.92 Å². The van der Waals surface area contributed by atoms with Crippen molar-refractivity contribution in [1.29, 1.82) is 0 Å². The van der Waals surface area contributed by atoms with E-state index >= 15 is 0 Å². The molecule has 4 nitrogen and oxygen atoms in total. The summed E-state index contributed by atoms with van der Waals surface area (Å²) < 4.78 is 5.43. The van der Waals surface area contributed by atoms with Gasteiger partial charge in [-0.3, -0.25) is 0 Å². The highest BCUT2D eigenvalue weighted by atomic mass is 16.5. The number of carboxylic acids is 1. The van der Waals surface area contributed by atoms with Gasteiger partial charge < -0.3 is 15.2 Å². The maximum Gasteiger partial charge on any atom is 0.332 e. The van der Waals surface area contributed by atoms with E-state index in [1.165, 1.54) is 19.3 Å². The molecule has 92 valence electrons. The molecule has 4 heteroatoms. The first-order valence-electron chi connectivity index (χ1n) is 6.32. The number of aliphatic carboxylic acids is 1. The van der Waals surface area contributed by atoms with Crippen molar-refractivity contribution in [2.24, 2.45) is 5.92 Å². The third kappa shape index (κ3) is 2.95. The second-order valence-electron chi connectivity index (χ2n) is 4.96. The zero-order valence-corrected chi connectivity index (χ0v) is 9.82. The lowest BCUT2D eigenvalue weighted by molar-refractivity contribution is -0.149. The van der Waals surface area contributed by atoms with Crippen LogP contribution in [0.25, 0.3) is 0 Å². The molecule has 0 aromatic rings. The number of nitrogens with one attached hydrogen (secondary N) is 1. The monoisotopic (exact) mass is 227 g/mol. The molecule has 4 unspecified atom stereocenters. The summed E-state index contributed by atoms with van der Waals surface area (Å²) in [5.74, 6) is 0.0273. The van der Waals surface area contributed by atoms with Crippen molar-refractivity contribution in [3.63, 3.8) is 0 Å². The van der Waals surface area contributed by atoms with Crippen molar-refractivity contribution in [3.8, 4) is 0 Å². The molecule has 0 spiro atoms. The van der Waals surface area contributed by atoms with Crippen molar-refractivity contribution in [2.75, 3.05) is 6.54 Å². The number of rotatable bonds is 6. The van der Waals surface area contributed by atoms with Gasteiger partial charge in [0.2, 0.25) is 0 Å². The van der Waals surface area contributed by atoms with Gasteiger partial charge in [0.05, 0.1) is 6.10 Å². The third-order valence-electron chi connectivity index (χ3n) is 3.57. The Bertz CT molecular complexity index is 257. The fourth-order valence-electron chi connectivity index (χ4n) is 2.51. The van der Waals surface area contributed by atoms with E-state index in [-0.39, 0.29) is 6.10 Å². The fraction of sp³-hybridized carbons (Fsp3) is 0.917. The summed E-state index contributed by atoms with van der Waals surface area (Å²) in [4.78, 5) is 10.7. The van der Waals surface area contributed by atoms with E-state index in [4.69, 9.17) is 9.84 Å². The highest BCUT2D eigenvalue weighted by molar-refractivity contribution is 5.72. The van der Waals surface area contributed by atoms with Crippen LogP contribution in [0.3, 0.4) is 0 Å². The number of hydrogen-bond acceptors (Lipinski definition) is 3. The summed E-state index contributed by atoms with van der Waals surface area (Å²) in [7, 11) is 0. The SMILES string of the molecule is CCCC1CC1NCC1CCC(C(=O)O)O1. The van der Waals surface area contributed by atoms with E-state index in [1.54, 1.807) is 0 Å². The highest BCUT2D eigenvalue weighted by Crippen LogP contribution is 2.34. The minimum Gasteiger partial charge on any atom is -0.479 e. The molecule has 0 aromatic heterocycles. The standard InChI is InChI=1S/C12H21NO3/c1-2-3-8-6-10(8)13-7-9-4-5-11(16-9)12(14)15/h8-11,13H,2-7H2,1H3,(H,14,15). The third-order valence-corrected chi connectivity index (χ3v) is 3.57. The lowest BCUT2D eigenvalue weighted by Gasteiger charge is -2.12. The molecule has 1 aliphatic heterocycles. The largest absolute Gasteiger partial charge is 0.479 e. The number of carbonyl (C=O) groups is 1. The average molecular weight is 227 g/mol. The van der Waals surface area contributed by atoms with Gasteiger partial charge >= 0.3 is 5.97 Å². The Kier molecular flexibility index (Phi) is 3.82. The lowest BCUT2D eigenvalue weighted by atomic mass is 10.2. The molecule has 0 radical (unpaired) electrons. The Morgan fingerprint density at radius 1 is 1.50 bits per heavy atom. The molecule has 2 N–H and O–H groups in total. The van der Waals surface area contributed by atoms with Crippen molar-refractivity contribution in [3.05, 3.63) is 0 Å². The number of carboxylic acid groups (broad SMARTS) is 1. The van der Waals surface area contributed by atoms with Gasteiger partial charge in [0.25, 0.3) is 0 Å². The molecule has 1 aliphatic carbocycles. The van der Waals surface area contributed by atoms with Gasteiger partial charge in [-0.1, -0.05) is 13.3 Å². The number of ether oxygens (including phenoxy) is 1. The first-order chi connectivity index (χ1) is 7.70. The molecule has 1 saturated heterocycles. The van der Waals surface area contributed by atoms with Gasteiger partial charge in [-0.2, -0.15) is 0 Å². The van der Waals surface area contributed by atoms with Crippen LogP contribution in [-0.4, -0.2) is 35.9 Å². The van der Waals surface area contributed by atoms with Crippen LogP contribution in [0.4, 0.5) is 0 Å². The van der Waals surface area contributed by atoms with Crippen LogP contribution in [0.2, 0.25) is 0 Å². The molecule has 0 aromatic carbocycles. The smallest absolute Gasteiger partial charge is 0.332 e. The second kappa shape index (κ2) is 5.15. The summed E-state index contributed by atoms with van der Waals surface area (Å²) in [6, 6.07) is 0.660. The molecule has 4 atom stereocenters. The van der Waals surface area contributed by atoms with Crippen LogP contribution in [0.1, 0.15) is 39.0 Å². The minimum atomic E-state index is -0.821. The predicted molar refractivity (Wildman–Crippen MR) is 60.3 cm³/mol. The highest BCUT2D eigenvalue weighted by Gasteiger charge is 2.37. The second-order valence-corrected chi connectivity index (χ2v) is 4.96. The van der Waals surface area contributed by atoms with Gasteiger partial charge in [0.15, 0.2) is 6.10 Å². The first kappa shape index (κ1) is 11.9. The zero-order chi connectivity index (χ0) is 11.5. The van der Waals surface area contributed by atoms with E-state index in [2.05, 4.69) is 12.2 Å². The molecule has 1 saturated carbocycles. The average Bonchev–Trinajstić information content (AvgIpc) is 2.80. The van der Waals surface area contributed by atoms with E-state index in [1.807, 2.05) is 0 Å². The van der Waals surface area contributed by atoms with Gasteiger partial charge in [0, 0.05) is 12.6 Å². The molecular formula is C12H21NO3. The van der Waals surface area contributed by atoms with Gasteiger partial charge in [-0.15, -0.1) is 0 Å². The van der Waals surface area contributed by atoms with Crippen molar-refractivity contribution in [1.82, 2.24) is 5.32 Å². The summed E-state index contributed by atoms with van der Waals surface area (Å²) in [5.41, 5.74) is 0. The van der Waals surface area contributed by atoms with Gasteiger partial charge in [-0.25, -0.2) is 4.79 Å². The summed E-state index contributed by atoms with van der Waals surface area (Å²) in [6.07, 6.45) is 4.90. The Morgan fingerprint density at radius 3 is 2.94 bits per heavy atom. The maximum atomic E-state index is 10.7. The lowest BCUT2D eigenvalue weighted by Crippen LogP contribution is -2.30. The maximum absolute atomic E-state index is 10.7. The normalized spacial score (nSPS) is 37.6. The topological polar surface area (TPSA) is 58.6 Å². The first-order valence-corrected chi connectivity index (χ1v) is 6.32. The molecule has 0 amide bonds. The minimum absolute atomic E-state index is 0.101. The molecule has 2 aliphatic rings. The summed E-state index contributed by atoms with van der Waals surface area (Å²) in [5, 5.41) is 12.3. The fourth-order valence-corrected chi connectivity index (χ4v) is 2.51. The van der Waals surface area contributed by atoms with E-state index in [0.29, 0.717) is 12.5 Å². The van der Waals surface area contributed by atoms with Crippen molar-refractivity contribution >= 4 is 5.97 Å². The Morgan fingerprint density at radius 2 is 2.31 bits per heavy atom. The van der Waals surface area contributed by atoms with Crippen LogP contribution < -0.4 is 5.32 Å². The van der Waals surface area contributed by atoms with Crippen LogP contribution in [0.15, 0.2) is 0 Å². The van der Waals surface area contributed by atoms with E-state index in [9.17, 15) is 4.79 Å². The van der Waals surface area contributed by atoms with Crippen LogP contribution in [0.5, 0.6) is 0 Å². The Hall–Kier alpha value is -0.610. The van der Waals surface area contributed by atoms with E-state index in [0.717, 1.165) is 18.9 Å². The molecule has 16 heavy (non-hydrogen) atoms. The molecule has 2 fully saturated rings. The van der Waals surface area contributed by atoms with Crippen LogP contribution in [-0.2, 0) is 9.53 Å².